The number of alkyl halides is 1. The molecule has 7 heteroatoms. The van der Waals surface area contributed by atoms with Crippen molar-refractivity contribution in [3.8, 4) is 0 Å². The summed E-state index contributed by atoms with van der Waals surface area (Å²) in [6.07, 6.45) is -0.397. The molecule has 2 atom stereocenters. The van der Waals surface area contributed by atoms with Crippen LogP contribution in [0.15, 0.2) is 21.9 Å². The largest absolute Gasteiger partial charge is 0.436 e. The van der Waals surface area contributed by atoms with Crippen molar-refractivity contribution in [2.75, 3.05) is 13.1 Å². The fourth-order valence-corrected chi connectivity index (χ4v) is 3.69. The molecule has 0 unspecified atom stereocenters. The van der Waals surface area contributed by atoms with E-state index >= 15 is 0 Å². The summed E-state index contributed by atoms with van der Waals surface area (Å²) in [5.41, 5.74) is 0.574. The van der Waals surface area contributed by atoms with Crippen molar-refractivity contribution < 1.29 is 13.6 Å². The zero-order valence-electron chi connectivity index (χ0n) is 13.2. The molecule has 124 valence electrons. The van der Waals surface area contributed by atoms with Gasteiger partial charge >= 0.3 is 0 Å². The van der Waals surface area contributed by atoms with E-state index in [-0.39, 0.29) is 17.7 Å². The van der Waals surface area contributed by atoms with Crippen LogP contribution in [0.2, 0.25) is 0 Å². The van der Waals surface area contributed by atoms with Gasteiger partial charge in [0.15, 0.2) is 5.89 Å². The predicted octanol–water partition coefficient (Wildman–Crippen LogP) is 2.70. The average molecular weight is 337 g/mol. The summed E-state index contributed by atoms with van der Waals surface area (Å²) in [5.74, 6) is 0.417. The van der Waals surface area contributed by atoms with Gasteiger partial charge in [-0.05, 0) is 24.8 Å². The van der Waals surface area contributed by atoms with Crippen LogP contribution in [0.5, 0.6) is 0 Å². The maximum atomic E-state index is 13.8. The summed E-state index contributed by atoms with van der Waals surface area (Å²) >= 11 is 1.66. The third kappa shape index (κ3) is 3.79. The molecule has 2 aromatic heterocycles. The van der Waals surface area contributed by atoms with Crippen molar-refractivity contribution in [2.24, 2.45) is 0 Å². The van der Waals surface area contributed by atoms with Crippen molar-refractivity contribution in [1.82, 2.24) is 15.2 Å². The fourth-order valence-electron chi connectivity index (χ4n) is 2.96. The standard InChI is InChI=1S/C16H20FN3O2S/c1-10-15(22-11(2)19-10)16(21)18-7-13-6-12(17)8-20(13)9-14-4-3-5-23-14/h3-5,12-13H,6-9H2,1-2H3,(H,18,21)/t12-,13-/m0/s1. The van der Waals surface area contributed by atoms with Crippen molar-refractivity contribution >= 4 is 17.2 Å². The number of carbonyl (C=O) groups excluding carboxylic acids is 1. The topological polar surface area (TPSA) is 58.4 Å². The number of aromatic nitrogens is 1. The number of carbonyl (C=O) groups is 1. The predicted molar refractivity (Wildman–Crippen MR) is 86.3 cm³/mol. The smallest absolute Gasteiger partial charge is 0.289 e. The highest BCUT2D eigenvalue weighted by Crippen LogP contribution is 2.24. The highest BCUT2D eigenvalue weighted by atomic mass is 32.1. The van der Waals surface area contributed by atoms with E-state index in [9.17, 15) is 9.18 Å². The maximum absolute atomic E-state index is 13.8. The van der Waals surface area contributed by atoms with Crippen LogP contribution in [0.3, 0.4) is 0 Å². The molecular formula is C16H20FN3O2S. The van der Waals surface area contributed by atoms with E-state index in [4.69, 9.17) is 4.42 Å². The number of rotatable bonds is 5. The molecule has 2 aromatic rings. The minimum atomic E-state index is -0.842. The first-order valence-electron chi connectivity index (χ1n) is 7.65. The molecule has 0 spiro atoms. The second-order valence-electron chi connectivity index (χ2n) is 5.85. The Labute approximate surface area is 138 Å². The van der Waals surface area contributed by atoms with E-state index in [0.717, 1.165) is 6.54 Å². The molecule has 0 aliphatic carbocycles. The summed E-state index contributed by atoms with van der Waals surface area (Å²) in [5, 5.41) is 4.87. The van der Waals surface area contributed by atoms with Crippen LogP contribution in [-0.4, -0.2) is 41.1 Å². The van der Waals surface area contributed by atoms with Gasteiger partial charge in [-0.15, -0.1) is 11.3 Å². The van der Waals surface area contributed by atoms with Crippen LogP contribution >= 0.6 is 11.3 Å². The van der Waals surface area contributed by atoms with Crippen molar-refractivity contribution in [3.05, 3.63) is 39.7 Å². The van der Waals surface area contributed by atoms with Crippen molar-refractivity contribution in [3.63, 3.8) is 0 Å². The van der Waals surface area contributed by atoms with Crippen LogP contribution in [0.25, 0.3) is 0 Å². The molecule has 1 aliphatic heterocycles. The maximum Gasteiger partial charge on any atom is 0.289 e. The van der Waals surface area contributed by atoms with Gasteiger partial charge in [0.1, 0.15) is 6.17 Å². The van der Waals surface area contributed by atoms with Crippen molar-refractivity contribution in [2.45, 2.75) is 39.0 Å². The van der Waals surface area contributed by atoms with E-state index in [1.54, 1.807) is 25.2 Å². The Balaban J connectivity index is 1.59. The first kappa shape index (κ1) is 16.1. The number of hydrogen-bond donors (Lipinski definition) is 1. The number of oxazole rings is 1. The number of nitrogens with zero attached hydrogens (tertiary/aromatic N) is 2. The molecule has 0 saturated carbocycles. The van der Waals surface area contributed by atoms with Gasteiger partial charge < -0.3 is 9.73 Å². The van der Waals surface area contributed by atoms with Crippen LogP contribution in [0, 0.1) is 13.8 Å². The zero-order chi connectivity index (χ0) is 16.4. The van der Waals surface area contributed by atoms with Gasteiger partial charge in [0.2, 0.25) is 5.76 Å². The Morgan fingerprint density at radius 1 is 1.57 bits per heavy atom. The van der Waals surface area contributed by atoms with Gasteiger partial charge in [-0.25, -0.2) is 9.37 Å². The van der Waals surface area contributed by atoms with Crippen LogP contribution in [0.4, 0.5) is 4.39 Å². The lowest BCUT2D eigenvalue weighted by molar-refractivity contribution is 0.0910. The first-order chi connectivity index (χ1) is 11.0. The highest BCUT2D eigenvalue weighted by Gasteiger charge is 2.32. The molecule has 0 bridgehead atoms. The first-order valence-corrected chi connectivity index (χ1v) is 8.53. The van der Waals surface area contributed by atoms with Gasteiger partial charge in [-0.3, -0.25) is 9.69 Å². The SMILES string of the molecule is Cc1nc(C)c(C(=O)NC[C@@H]2C[C@H](F)CN2Cc2cccs2)o1. The lowest BCUT2D eigenvalue weighted by Gasteiger charge is -2.23. The molecule has 0 aromatic carbocycles. The van der Waals surface area contributed by atoms with E-state index < -0.39 is 6.17 Å². The summed E-state index contributed by atoms with van der Waals surface area (Å²) in [4.78, 5) is 19.6. The molecule has 23 heavy (non-hydrogen) atoms. The third-order valence-electron chi connectivity index (χ3n) is 4.02. The Kier molecular flexibility index (Phi) is 4.77. The second-order valence-corrected chi connectivity index (χ2v) is 6.89. The Hall–Kier alpha value is -1.73. The Morgan fingerprint density at radius 2 is 2.39 bits per heavy atom. The number of thiophene rings is 1. The van der Waals surface area contributed by atoms with E-state index in [1.165, 1.54) is 4.88 Å². The second kappa shape index (κ2) is 6.80. The lowest BCUT2D eigenvalue weighted by Crippen LogP contribution is -2.39. The minimum absolute atomic E-state index is 0.000347. The Bertz CT molecular complexity index is 671. The number of aryl methyl sites for hydroxylation is 2. The van der Waals surface area contributed by atoms with Gasteiger partial charge in [0, 0.05) is 37.5 Å². The molecule has 5 nitrogen and oxygen atoms in total. The fraction of sp³-hybridized carbons (Fsp3) is 0.500. The molecule has 1 fully saturated rings. The summed E-state index contributed by atoms with van der Waals surface area (Å²) in [6, 6.07) is 4.04. The normalized spacial score (nSPS) is 21.7. The molecule has 1 N–H and O–H groups in total. The molecule has 0 radical (unpaired) electrons. The molecule has 3 heterocycles. The third-order valence-corrected chi connectivity index (χ3v) is 4.89. The quantitative estimate of drug-likeness (QED) is 0.911. The zero-order valence-corrected chi connectivity index (χ0v) is 14.0. The summed E-state index contributed by atoms with van der Waals surface area (Å²) < 4.78 is 19.1. The molecule has 3 rings (SSSR count). The van der Waals surface area contributed by atoms with Gasteiger partial charge in [0.05, 0.1) is 5.69 Å². The average Bonchev–Trinajstić information content (AvgIpc) is 3.19. The summed E-state index contributed by atoms with van der Waals surface area (Å²) in [7, 11) is 0. The van der Waals surface area contributed by atoms with E-state index in [1.807, 2.05) is 17.5 Å². The van der Waals surface area contributed by atoms with Crippen LogP contribution < -0.4 is 5.32 Å². The van der Waals surface area contributed by atoms with Gasteiger partial charge in [-0.1, -0.05) is 6.07 Å². The number of hydrogen-bond acceptors (Lipinski definition) is 5. The lowest BCUT2D eigenvalue weighted by atomic mass is 10.2. The van der Waals surface area contributed by atoms with Crippen molar-refractivity contribution in [1.29, 1.82) is 0 Å². The van der Waals surface area contributed by atoms with E-state index in [0.29, 0.717) is 31.1 Å². The Morgan fingerprint density at radius 3 is 3.04 bits per heavy atom. The monoisotopic (exact) mass is 337 g/mol. The van der Waals surface area contributed by atoms with Crippen LogP contribution in [0.1, 0.15) is 33.4 Å². The summed E-state index contributed by atoms with van der Waals surface area (Å²) in [6.45, 7) is 4.99. The molecule has 1 aliphatic rings. The molecule has 1 amide bonds. The number of amides is 1. The number of likely N-dealkylation sites (tertiary alicyclic amines) is 1. The minimum Gasteiger partial charge on any atom is -0.436 e. The van der Waals surface area contributed by atoms with Crippen LogP contribution in [-0.2, 0) is 6.54 Å². The highest BCUT2D eigenvalue weighted by molar-refractivity contribution is 7.09. The number of halogens is 1. The molecule has 1 saturated heterocycles. The van der Waals surface area contributed by atoms with Gasteiger partial charge in [0.25, 0.3) is 5.91 Å². The van der Waals surface area contributed by atoms with Gasteiger partial charge in [-0.2, -0.15) is 0 Å². The van der Waals surface area contributed by atoms with E-state index in [2.05, 4.69) is 15.2 Å². The number of nitrogens with one attached hydrogen (secondary N) is 1. The molecular weight excluding hydrogens is 317 g/mol.